The van der Waals surface area contributed by atoms with E-state index in [1.807, 2.05) is 0 Å². The number of hydrogen-bond donors (Lipinski definition) is 2. The lowest BCUT2D eigenvalue weighted by molar-refractivity contribution is -0.212. The summed E-state index contributed by atoms with van der Waals surface area (Å²) in [6.45, 7) is -0.622. The van der Waals surface area contributed by atoms with E-state index in [4.69, 9.17) is 4.74 Å². The summed E-state index contributed by atoms with van der Waals surface area (Å²) in [7, 11) is 0. The monoisotopic (exact) mass is 568 g/mol. The van der Waals surface area contributed by atoms with E-state index in [1.54, 1.807) is 48.5 Å². The second-order valence-electron chi connectivity index (χ2n) is 10.2. The van der Waals surface area contributed by atoms with Crippen molar-refractivity contribution in [1.29, 1.82) is 0 Å². The van der Waals surface area contributed by atoms with Crippen LogP contribution in [0.3, 0.4) is 0 Å². The number of carbonyl (C=O) groups excluding carboxylic acids is 2. The minimum Gasteiger partial charge on any atom is -0.462 e. The van der Waals surface area contributed by atoms with Crippen LogP contribution in [-0.4, -0.2) is 53.4 Å². The first-order valence-electron chi connectivity index (χ1n) is 13.2. The summed E-state index contributed by atoms with van der Waals surface area (Å²) >= 11 is 0. The molecule has 5 rings (SSSR count). The minimum atomic E-state index is -4.96. The molecule has 2 aliphatic rings. The zero-order chi connectivity index (χ0) is 29.2. The van der Waals surface area contributed by atoms with Crippen molar-refractivity contribution in [3.63, 3.8) is 0 Å². The molecule has 6 nitrogen and oxygen atoms in total. The number of rotatable bonds is 7. The Balaban J connectivity index is 1.66. The van der Waals surface area contributed by atoms with E-state index in [9.17, 15) is 19.1 Å². The fraction of sp³-hybridized carbons (Fsp3) is 0.290. The molecule has 1 unspecified atom stereocenters. The van der Waals surface area contributed by atoms with Crippen molar-refractivity contribution in [3.8, 4) is 0 Å². The van der Waals surface area contributed by atoms with Crippen LogP contribution >= 0.6 is 0 Å². The van der Waals surface area contributed by atoms with Gasteiger partial charge in [-0.25, -0.2) is 4.39 Å². The van der Waals surface area contributed by atoms with Gasteiger partial charge in [0.05, 0.1) is 12.5 Å². The van der Waals surface area contributed by atoms with Gasteiger partial charge in [-0.3, -0.25) is 14.5 Å². The Kier molecular flexibility index (Phi) is 7.97. The van der Waals surface area contributed by atoms with E-state index in [0.717, 1.165) is 29.2 Å². The maximum atomic E-state index is 15.7. The van der Waals surface area contributed by atoms with Gasteiger partial charge in [0.1, 0.15) is 11.9 Å². The summed E-state index contributed by atoms with van der Waals surface area (Å²) in [5, 5.41) is 12.8. The van der Waals surface area contributed by atoms with E-state index >= 15 is 13.2 Å². The average Bonchev–Trinajstić information content (AvgIpc) is 3.29. The second kappa shape index (κ2) is 11.5. The number of para-hydroxylation sites is 1. The Labute approximate surface area is 234 Å². The summed E-state index contributed by atoms with van der Waals surface area (Å²) in [6, 6.07) is 20.4. The van der Waals surface area contributed by atoms with E-state index < -0.39 is 41.6 Å². The fourth-order valence-electron chi connectivity index (χ4n) is 5.75. The van der Waals surface area contributed by atoms with Crippen molar-refractivity contribution in [2.75, 3.05) is 18.4 Å². The third-order valence-electron chi connectivity index (χ3n) is 7.48. The number of halogens is 4. The molecule has 3 aromatic carbocycles. The van der Waals surface area contributed by atoms with Crippen molar-refractivity contribution >= 4 is 23.1 Å². The normalized spacial score (nSPS) is 23.4. The largest absolute Gasteiger partial charge is 0.462 e. The molecule has 0 aromatic heterocycles. The lowest BCUT2D eigenvalue weighted by Crippen LogP contribution is -2.55. The van der Waals surface area contributed by atoms with Crippen LogP contribution in [0, 0.1) is 5.82 Å². The number of esters is 1. The van der Waals surface area contributed by atoms with Gasteiger partial charge < -0.3 is 15.2 Å². The summed E-state index contributed by atoms with van der Waals surface area (Å²) in [4.78, 5) is 26.7. The SMILES string of the molecule is O=C1C[C@@H](O)C[C@H](CCN2CC(C(=O)Nc3ccccc3)=C(c3ccccc3)C2(c2ccc(F)cc2)C(F)(F)F)O1. The highest BCUT2D eigenvalue weighted by atomic mass is 19.4. The van der Waals surface area contributed by atoms with Gasteiger partial charge in [-0.2, -0.15) is 13.2 Å². The summed E-state index contributed by atoms with van der Waals surface area (Å²) in [6.07, 6.45) is -6.81. The molecule has 2 heterocycles. The number of aliphatic hydroxyl groups excluding tert-OH is 1. The van der Waals surface area contributed by atoms with Gasteiger partial charge in [-0.05, 0) is 41.8 Å². The molecule has 0 saturated carbocycles. The Morgan fingerprint density at radius 3 is 2.24 bits per heavy atom. The van der Waals surface area contributed by atoms with Crippen molar-refractivity contribution in [1.82, 2.24) is 4.90 Å². The van der Waals surface area contributed by atoms with Crippen molar-refractivity contribution in [2.45, 2.75) is 43.2 Å². The van der Waals surface area contributed by atoms with Crippen LogP contribution in [0.4, 0.5) is 23.2 Å². The lowest BCUT2D eigenvalue weighted by atomic mass is 9.77. The number of carbonyl (C=O) groups is 2. The highest BCUT2D eigenvalue weighted by molar-refractivity contribution is 6.11. The van der Waals surface area contributed by atoms with Crippen molar-refractivity contribution < 1.29 is 37.0 Å². The topological polar surface area (TPSA) is 78.9 Å². The molecular formula is C31H28F4N2O4. The molecule has 0 aliphatic carbocycles. The molecule has 2 aliphatic heterocycles. The highest BCUT2D eigenvalue weighted by Gasteiger charge is 2.66. The minimum absolute atomic E-state index is 0.0164. The molecule has 41 heavy (non-hydrogen) atoms. The maximum absolute atomic E-state index is 15.7. The van der Waals surface area contributed by atoms with Crippen molar-refractivity contribution in [3.05, 3.63) is 107 Å². The fourth-order valence-corrected chi connectivity index (χ4v) is 5.75. The standard InChI is InChI=1S/C31H28F4N2O4/c32-22-13-11-21(12-14-22)30(31(33,34)35)28(20-7-3-1-4-8-20)26(29(40)36-23-9-5-2-6-10-23)19-37(30)16-15-25-17-24(38)18-27(39)41-25/h1-14,24-25,38H,15-19H2,(H,36,40)/t24-,25-,30?/m0/s1. The van der Waals surface area contributed by atoms with Crippen LogP contribution < -0.4 is 5.32 Å². The van der Waals surface area contributed by atoms with E-state index in [0.29, 0.717) is 5.69 Å². The molecule has 0 bridgehead atoms. The maximum Gasteiger partial charge on any atom is 0.415 e. The highest BCUT2D eigenvalue weighted by Crippen LogP contribution is 2.57. The van der Waals surface area contributed by atoms with Gasteiger partial charge in [0, 0.05) is 36.3 Å². The van der Waals surface area contributed by atoms with Crippen LogP contribution in [0.5, 0.6) is 0 Å². The second-order valence-corrected chi connectivity index (χ2v) is 10.2. The Morgan fingerprint density at radius 2 is 1.63 bits per heavy atom. The molecular weight excluding hydrogens is 540 g/mol. The third kappa shape index (κ3) is 5.62. The Hall–Kier alpha value is -4.02. The molecule has 3 atom stereocenters. The van der Waals surface area contributed by atoms with Crippen LogP contribution in [0.2, 0.25) is 0 Å². The Morgan fingerprint density at radius 1 is 1.00 bits per heavy atom. The van der Waals surface area contributed by atoms with Crippen LogP contribution in [0.1, 0.15) is 30.4 Å². The quantitative estimate of drug-likeness (QED) is 0.293. The molecule has 1 amide bonds. The van der Waals surface area contributed by atoms with Crippen molar-refractivity contribution in [2.24, 2.45) is 0 Å². The Bertz CT molecular complexity index is 1430. The third-order valence-corrected chi connectivity index (χ3v) is 7.48. The molecule has 2 N–H and O–H groups in total. The van der Waals surface area contributed by atoms with Gasteiger partial charge in [-0.1, -0.05) is 60.7 Å². The molecule has 0 spiro atoms. The molecule has 1 saturated heterocycles. The van der Waals surface area contributed by atoms with E-state index in [2.05, 4.69) is 5.32 Å². The van der Waals surface area contributed by atoms with Gasteiger partial charge in [-0.15, -0.1) is 0 Å². The zero-order valence-electron chi connectivity index (χ0n) is 21.9. The number of amides is 1. The number of nitrogens with one attached hydrogen (secondary N) is 1. The van der Waals surface area contributed by atoms with Gasteiger partial charge in [0.25, 0.3) is 5.91 Å². The number of anilines is 1. The first-order chi connectivity index (χ1) is 19.6. The molecule has 214 valence electrons. The summed E-state index contributed by atoms with van der Waals surface area (Å²) < 4.78 is 66.4. The number of alkyl halides is 3. The predicted octanol–water partition coefficient (Wildman–Crippen LogP) is 5.45. The smallest absolute Gasteiger partial charge is 0.415 e. The number of cyclic esters (lactones) is 1. The number of nitrogens with zero attached hydrogens (tertiary/aromatic N) is 1. The first kappa shape index (κ1) is 28.5. The van der Waals surface area contributed by atoms with Crippen LogP contribution in [-0.2, 0) is 19.9 Å². The number of hydrogen-bond acceptors (Lipinski definition) is 5. The first-order valence-corrected chi connectivity index (χ1v) is 13.2. The summed E-state index contributed by atoms with van der Waals surface area (Å²) in [5.74, 6) is -2.03. The number of benzene rings is 3. The van der Waals surface area contributed by atoms with Crippen LogP contribution in [0.15, 0.2) is 90.5 Å². The van der Waals surface area contributed by atoms with Gasteiger partial charge in [0.15, 0.2) is 5.54 Å². The van der Waals surface area contributed by atoms with Crippen LogP contribution in [0.25, 0.3) is 5.57 Å². The summed E-state index contributed by atoms with van der Waals surface area (Å²) in [5.41, 5.74) is -2.84. The van der Waals surface area contributed by atoms with Gasteiger partial charge >= 0.3 is 12.1 Å². The molecule has 3 aromatic rings. The number of ether oxygens (including phenoxy) is 1. The van der Waals surface area contributed by atoms with E-state index in [-0.39, 0.29) is 54.6 Å². The van der Waals surface area contributed by atoms with Gasteiger partial charge in [0.2, 0.25) is 0 Å². The molecule has 0 radical (unpaired) electrons. The zero-order valence-corrected chi connectivity index (χ0v) is 21.9. The molecule has 10 heteroatoms. The molecule has 1 fully saturated rings. The predicted molar refractivity (Wildman–Crippen MR) is 144 cm³/mol. The number of aliphatic hydroxyl groups is 1. The lowest BCUT2D eigenvalue weighted by Gasteiger charge is -2.43. The van der Waals surface area contributed by atoms with E-state index in [1.165, 1.54) is 12.1 Å². The average molecular weight is 569 g/mol.